The molecule has 0 atom stereocenters. The second kappa shape index (κ2) is 9.32. The molecule has 1 rings (SSSR count). The minimum atomic E-state index is 0.385. The first-order valence-corrected chi connectivity index (χ1v) is 7.14. The van der Waals surface area contributed by atoms with Crippen LogP contribution in [0.4, 0.5) is 0 Å². The molecule has 102 valence electrons. The quantitative estimate of drug-likeness (QED) is 0.585. The van der Waals surface area contributed by atoms with Crippen LogP contribution in [0.5, 0.6) is 0 Å². The van der Waals surface area contributed by atoms with Crippen LogP contribution in [0.25, 0.3) is 5.57 Å². The summed E-state index contributed by atoms with van der Waals surface area (Å²) in [5.74, 6) is 0.385. The van der Waals surface area contributed by atoms with Crippen molar-refractivity contribution in [1.29, 1.82) is 0 Å². The van der Waals surface area contributed by atoms with Gasteiger partial charge in [-0.25, -0.2) is 0 Å². The number of carbonyl (C=O) groups excluding carboxylic acids is 1. The highest BCUT2D eigenvalue weighted by atomic mass is 16.1. The highest BCUT2D eigenvalue weighted by Gasteiger charge is 1.98. The molecule has 0 radical (unpaired) electrons. The van der Waals surface area contributed by atoms with E-state index >= 15 is 0 Å². The second-order valence-electron chi connectivity index (χ2n) is 4.82. The molecule has 0 aliphatic heterocycles. The number of benzene rings is 1. The number of Topliss-reactive ketones (excluding diaryl/α,β-unsaturated/α-hetero) is 1. The molecule has 19 heavy (non-hydrogen) atoms. The van der Waals surface area contributed by atoms with Gasteiger partial charge in [0.25, 0.3) is 0 Å². The highest BCUT2D eigenvalue weighted by Crippen LogP contribution is 2.12. The van der Waals surface area contributed by atoms with Crippen LogP contribution in [0.1, 0.15) is 51.5 Å². The Balaban J connectivity index is 2.32. The third-order valence-electron chi connectivity index (χ3n) is 3.11. The van der Waals surface area contributed by atoms with Gasteiger partial charge in [0.2, 0.25) is 0 Å². The molecule has 0 aliphatic carbocycles. The summed E-state index contributed by atoms with van der Waals surface area (Å²) in [7, 11) is 0. The Labute approximate surface area is 117 Å². The minimum Gasteiger partial charge on any atom is -0.300 e. The third kappa shape index (κ3) is 6.76. The van der Waals surface area contributed by atoms with Gasteiger partial charge in [0, 0.05) is 12.8 Å². The van der Waals surface area contributed by atoms with E-state index in [4.69, 9.17) is 0 Å². The lowest BCUT2D eigenvalue weighted by molar-refractivity contribution is -0.119. The van der Waals surface area contributed by atoms with Crippen LogP contribution >= 0.6 is 0 Å². The monoisotopic (exact) mass is 256 g/mol. The SMILES string of the molecule is CCCCC(=O)CC/C=C/C=C(/C)c1ccccc1. The minimum absolute atomic E-state index is 0.385. The van der Waals surface area contributed by atoms with E-state index in [1.54, 1.807) is 0 Å². The Morgan fingerprint density at radius 1 is 1.16 bits per heavy atom. The van der Waals surface area contributed by atoms with E-state index in [2.05, 4.69) is 44.2 Å². The first-order valence-electron chi connectivity index (χ1n) is 7.14. The van der Waals surface area contributed by atoms with Crippen molar-refractivity contribution >= 4 is 11.4 Å². The predicted octanol–water partition coefficient (Wildman–Crippen LogP) is 5.19. The van der Waals surface area contributed by atoms with Crippen LogP contribution in [-0.4, -0.2) is 5.78 Å². The number of rotatable bonds is 8. The summed E-state index contributed by atoms with van der Waals surface area (Å²) in [5.41, 5.74) is 2.49. The molecule has 0 spiro atoms. The smallest absolute Gasteiger partial charge is 0.133 e. The van der Waals surface area contributed by atoms with Gasteiger partial charge in [0.05, 0.1) is 0 Å². The summed E-state index contributed by atoms with van der Waals surface area (Å²) >= 11 is 0. The van der Waals surface area contributed by atoms with E-state index in [1.165, 1.54) is 11.1 Å². The van der Waals surface area contributed by atoms with Gasteiger partial charge in [0.15, 0.2) is 0 Å². The number of unbranched alkanes of at least 4 members (excludes halogenated alkanes) is 1. The van der Waals surface area contributed by atoms with Crippen LogP contribution in [-0.2, 0) is 4.79 Å². The molecule has 0 saturated heterocycles. The zero-order valence-electron chi connectivity index (χ0n) is 12.1. The molecule has 0 aromatic heterocycles. The van der Waals surface area contributed by atoms with Crippen molar-refractivity contribution in [2.45, 2.75) is 46.0 Å². The third-order valence-corrected chi connectivity index (χ3v) is 3.11. The van der Waals surface area contributed by atoms with Crippen molar-refractivity contribution < 1.29 is 4.79 Å². The normalized spacial score (nSPS) is 12.0. The molecule has 1 aromatic rings. The van der Waals surface area contributed by atoms with Crippen molar-refractivity contribution in [2.75, 3.05) is 0 Å². The molecule has 0 fully saturated rings. The van der Waals surface area contributed by atoms with Crippen molar-refractivity contribution in [3.63, 3.8) is 0 Å². The second-order valence-corrected chi connectivity index (χ2v) is 4.82. The Kier molecular flexibility index (Phi) is 7.57. The molecule has 0 saturated carbocycles. The van der Waals surface area contributed by atoms with Crippen LogP contribution in [0.3, 0.4) is 0 Å². The summed E-state index contributed by atoms with van der Waals surface area (Å²) in [6.07, 6.45) is 10.6. The summed E-state index contributed by atoms with van der Waals surface area (Å²) < 4.78 is 0. The fraction of sp³-hybridized carbons (Fsp3) is 0.389. The Morgan fingerprint density at radius 3 is 2.58 bits per heavy atom. The standard InChI is InChI=1S/C18H24O/c1-3-4-14-18(19)15-10-5-7-11-16(2)17-12-8-6-9-13-17/h5-9,11-13H,3-4,10,14-15H2,1-2H3/b7-5+,16-11-. The molecular formula is C18H24O. The predicted molar refractivity (Wildman–Crippen MR) is 83.0 cm³/mol. The van der Waals surface area contributed by atoms with Gasteiger partial charge in [-0.1, -0.05) is 61.9 Å². The zero-order valence-corrected chi connectivity index (χ0v) is 12.1. The van der Waals surface area contributed by atoms with Gasteiger partial charge < -0.3 is 0 Å². The van der Waals surface area contributed by atoms with E-state index < -0.39 is 0 Å². The van der Waals surface area contributed by atoms with Crippen LogP contribution in [0.15, 0.2) is 48.6 Å². The van der Waals surface area contributed by atoms with Gasteiger partial charge in [-0.2, -0.15) is 0 Å². The fourth-order valence-electron chi connectivity index (χ4n) is 1.85. The van der Waals surface area contributed by atoms with Crippen LogP contribution in [0.2, 0.25) is 0 Å². The van der Waals surface area contributed by atoms with Crippen molar-refractivity contribution in [1.82, 2.24) is 0 Å². The molecule has 1 aromatic carbocycles. The largest absolute Gasteiger partial charge is 0.300 e. The zero-order chi connectivity index (χ0) is 13.9. The number of allylic oxidation sites excluding steroid dienone is 4. The van der Waals surface area contributed by atoms with E-state index in [-0.39, 0.29) is 0 Å². The van der Waals surface area contributed by atoms with E-state index in [1.807, 2.05) is 18.2 Å². The van der Waals surface area contributed by atoms with E-state index in [0.29, 0.717) is 12.2 Å². The number of hydrogen-bond acceptors (Lipinski definition) is 1. The molecule has 0 N–H and O–H groups in total. The number of carbonyl (C=O) groups is 1. The summed E-state index contributed by atoms with van der Waals surface area (Å²) in [5, 5.41) is 0. The molecule has 0 bridgehead atoms. The average Bonchev–Trinajstić information content (AvgIpc) is 2.45. The average molecular weight is 256 g/mol. The number of ketones is 1. The van der Waals surface area contributed by atoms with Crippen LogP contribution in [0, 0.1) is 0 Å². The lowest BCUT2D eigenvalue weighted by Gasteiger charge is -1.98. The van der Waals surface area contributed by atoms with Crippen molar-refractivity contribution in [2.24, 2.45) is 0 Å². The maximum atomic E-state index is 11.5. The Morgan fingerprint density at radius 2 is 1.89 bits per heavy atom. The van der Waals surface area contributed by atoms with Gasteiger partial charge >= 0.3 is 0 Å². The van der Waals surface area contributed by atoms with E-state index in [9.17, 15) is 4.79 Å². The first kappa shape index (κ1) is 15.4. The van der Waals surface area contributed by atoms with Gasteiger partial charge in [-0.15, -0.1) is 0 Å². The molecule has 0 heterocycles. The molecule has 1 nitrogen and oxygen atoms in total. The Bertz CT molecular complexity index is 426. The van der Waals surface area contributed by atoms with Crippen molar-refractivity contribution in [3.05, 3.63) is 54.1 Å². The molecule has 1 heteroatoms. The fourth-order valence-corrected chi connectivity index (χ4v) is 1.85. The van der Waals surface area contributed by atoms with Gasteiger partial charge in [-0.3, -0.25) is 4.79 Å². The molecule has 0 aliphatic rings. The van der Waals surface area contributed by atoms with Gasteiger partial charge in [0.1, 0.15) is 5.78 Å². The Hall–Kier alpha value is -1.63. The lowest BCUT2D eigenvalue weighted by atomic mass is 10.1. The van der Waals surface area contributed by atoms with E-state index in [0.717, 1.165) is 25.7 Å². The molecule has 0 amide bonds. The van der Waals surface area contributed by atoms with Crippen LogP contribution < -0.4 is 0 Å². The molecule has 0 unspecified atom stereocenters. The van der Waals surface area contributed by atoms with Crippen molar-refractivity contribution in [3.8, 4) is 0 Å². The van der Waals surface area contributed by atoms with Gasteiger partial charge in [-0.05, 0) is 30.9 Å². The maximum Gasteiger partial charge on any atom is 0.133 e. The lowest BCUT2D eigenvalue weighted by Crippen LogP contribution is -1.95. The summed E-state index contributed by atoms with van der Waals surface area (Å²) in [4.78, 5) is 11.5. The summed E-state index contributed by atoms with van der Waals surface area (Å²) in [6.45, 7) is 4.22. The number of hydrogen-bond donors (Lipinski definition) is 0. The molecular weight excluding hydrogens is 232 g/mol. The highest BCUT2D eigenvalue weighted by molar-refractivity contribution is 5.78. The summed E-state index contributed by atoms with van der Waals surface area (Å²) in [6, 6.07) is 10.3. The maximum absolute atomic E-state index is 11.5. The topological polar surface area (TPSA) is 17.1 Å². The first-order chi connectivity index (χ1) is 9.24.